The second kappa shape index (κ2) is 9.43. The van der Waals surface area contributed by atoms with E-state index >= 15 is 0 Å². The standard InChI is InChI=1S/C25H30ClN3O2/c1-19-23(24(26)29(27-19)21-8-4-3-5-9-21)17-31-22-12-10-20(11-13-22)16-28(2)25(18-30)14-6-7-15-25/h3-5,8-13,30H,6-7,14-18H2,1-2H3. The molecule has 4 rings (SSSR count). The number of halogens is 1. The first kappa shape index (κ1) is 21.9. The van der Waals surface area contributed by atoms with Gasteiger partial charge in [0.05, 0.1) is 18.0 Å². The van der Waals surface area contributed by atoms with Crippen molar-refractivity contribution in [1.29, 1.82) is 0 Å². The van der Waals surface area contributed by atoms with Gasteiger partial charge in [0.25, 0.3) is 0 Å². The van der Waals surface area contributed by atoms with Gasteiger partial charge in [-0.15, -0.1) is 0 Å². The van der Waals surface area contributed by atoms with Crippen LogP contribution >= 0.6 is 11.6 Å². The molecule has 1 aliphatic carbocycles. The quantitative estimate of drug-likeness (QED) is 0.527. The van der Waals surface area contributed by atoms with E-state index < -0.39 is 0 Å². The Morgan fingerprint density at radius 1 is 1.10 bits per heavy atom. The van der Waals surface area contributed by atoms with Crippen molar-refractivity contribution in [3.05, 3.63) is 76.6 Å². The number of rotatable bonds is 8. The summed E-state index contributed by atoms with van der Waals surface area (Å²) in [6.45, 7) is 3.35. The van der Waals surface area contributed by atoms with Crippen molar-refractivity contribution < 1.29 is 9.84 Å². The molecule has 1 saturated carbocycles. The smallest absolute Gasteiger partial charge is 0.139 e. The highest BCUT2D eigenvalue weighted by atomic mass is 35.5. The van der Waals surface area contributed by atoms with Gasteiger partial charge >= 0.3 is 0 Å². The summed E-state index contributed by atoms with van der Waals surface area (Å²) in [5.74, 6) is 0.798. The molecule has 0 radical (unpaired) electrons. The number of ether oxygens (including phenoxy) is 1. The molecule has 6 heteroatoms. The third-order valence-corrected chi connectivity index (χ3v) is 6.88. The second-order valence-corrected chi connectivity index (χ2v) is 8.84. The molecule has 31 heavy (non-hydrogen) atoms. The highest BCUT2D eigenvalue weighted by Crippen LogP contribution is 2.35. The van der Waals surface area contributed by atoms with E-state index in [1.807, 2.05) is 49.4 Å². The molecule has 5 nitrogen and oxygen atoms in total. The third-order valence-electron chi connectivity index (χ3n) is 6.49. The molecule has 0 unspecified atom stereocenters. The van der Waals surface area contributed by atoms with E-state index in [1.165, 1.54) is 18.4 Å². The first-order chi connectivity index (χ1) is 15.0. The lowest BCUT2D eigenvalue weighted by atomic mass is 9.96. The Labute approximate surface area is 189 Å². The average molecular weight is 440 g/mol. The summed E-state index contributed by atoms with van der Waals surface area (Å²) in [4.78, 5) is 2.30. The Hall–Kier alpha value is -2.34. The minimum atomic E-state index is -0.0671. The molecule has 2 aromatic carbocycles. The maximum atomic E-state index is 9.93. The zero-order chi connectivity index (χ0) is 21.8. The number of nitrogens with zero attached hydrogens (tertiary/aromatic N) is 3. The zero-order valence-electron chi connectivity index (χ0n) is 18.2. The summed E-state index contributed by atoms with van der Waals surface area (Å²) in [5, 5.41) is 15.1. The molecule has 1 fully saturated rings. The number of hydrogen-bond donors (Lipinski definition) is 1. The van der Waals surface area contributed by atoms with Crippen molar-refractivity contribution in [2.24, 2.45) is 0 Å². The molecule has 1 aliphatic rings. The van der Waals surface area contributed by atoms with Gasteiger partial charge in [0.2, 0.25) is 0 Å². The van der Waals surface area contributed by atoms with E-state index in [0.717, 1.165) is 42.1 Å². The van der Waals surface area contributed by atoms with Gasteiger partial charge in [0.15, 0.2) is 0 Å². The SMILES string of the molecule is Cc1nn(-c2ccccc2)c(Cl)c1COc1ccc(CN(C)C2(CO)CCCC2)cc1. The number of benzene rings is 2. The van der Waals surface area contributed by atoms with E-state index in [4.69, 9.17) is 16.3 Å². The predicted molar refractivity (Wildman–Crippen MR) is 124 cm³/mol. The Bertz CT molecular complexity index is 996. The molecule has 164 valence electrons. The van der Waals surface area contributed by atoms with Gasteiger partial charge in [0.1, 0.15) is 17.5 Å². The van der Waals surface area contributed by atoms with Crippen molar-refractivity contribution in [1.82, 2.24) is 14.7 Å². The first-order valence-corrected chi connectivity index (χ1v) is 11.2. The zero-order valence-corrected chi connectivity index (χ0v) is 19.0. The monoisotopic (exact) mass is 439 g/mol. The number of para-hydroxylation sites is 1. The lowest BCUT2D eigenvalue weighted by molar-refractivity contribution is 0.0485. The number of aliphatic hydroxyl groups is 1. The van der Waals surface area contributed by atoms with Crippen molar-refractivity contribution >= 4 is 11.6 Å². The lowest BCUT2D eigenvalue weighted by Gasteiger charge is -2.37. The fraction of sp³-hybridized carbons (Fsp3) is 0.400. The Kier molecular flexibility index (Phi) is 6.65. The molecule has 1 heterocycles. The van der Waals surface area contributed by atoms with Crippen molar-refractivity contribution in [2.75, 3.05) is 13.7 Å². The van der Waals surface area contributed by atoms with E-state index in [2.05, 4.69) is 29.2 Å². The van der Waals surface area contributed by atoms with Crippen LogP contribution in [-0.4, -0.2) is 39.0 Å². The number of aliphatic hydroxyl groups excluding tert-OH is 1. The van der Waals surface area contributed by atoms with Crippen LogP contribution in [0.15, 0.2) is 54.6 Å². The summed E-state index contributed by atoms with van der Waals surface area (Å²) >= 11 is 6.60. The van der Waals surface area contributed by atoms with Crippen molar-refractivity contribution in [2.45, 2.75) is 51.3 Å². The van der Waals surface area contributed by atoms with Crippen LogP contribution in [0.1, 0.15) is 42.5 Å². The molecule has 1 aromatic heterocycles. The van der Waals surface area contributed by atoms with Gasteiger partial charge in [-0.05, 0) is 56.6 Å². The van der Waals surface area contributed by atoms with Crippen molar-refractivity contribution in [3.63, 3.8) is 0 Å². The van der Waals surface area contributed by atoms with Crippen LogP contribution in [0, 0.1) is 6.92 Å². The number of likely N-dealkylation sites (N-methyl/N-ethyl adjacent to an activating group) is 1. The lowest BCUT2D eigenvalue weighted by Crippen LogP contribution is -2.46. The van der Waals surface area contributed by atoms with Crippen LogP contribution in [0.2, 0.25) is 5.15 Å². The van der Waals surface area contributed by atoms with Gasteiger partial charge < -0.3 is 9.84 Å². The maximum absolute atomic E-state index is 9.93. The van der Waals surface area contributed by atoms with Gasteiger partial charge in [-0.3, -0.25) is 4.90 Å². The molecular formula is C25H30ClN3O2. The topological polar surface area (TPSA) is 50.5 Å². The Morgan fingerprint density at radius 3 is 2.42 bits per heavy atom. The van der Waals surface area contributed by atoms with Crippen LogP contribution in [0.5, 0.6) is 5.75 Å². The first-order valence-electron chi connectivity index (χ1n) is 10.9. The highest BCUT2D eigenvalue weighted by Gasteiger charge is 2.36. The molecule has 3 aromatic rings. The predicted octanol–water partition coefficient (Wildman–Crippen LogP) is 5.15. The molecule has 0 aliphatic heterocycles. The van der Waals surface area contributed by atoms with Crippen LogP contribution in [0.25, 0.3) is 5.69 Å². The molecular weight excluding hydrogens is 410 g/mol. The van der Waals surface area contributed by atoms with Crippen LogP contribution in [0.3, 0.4) is 0 Å². The second-order valence-electron chi connectivity index (χ2n) is 8.48. The van der Waals surface area contributed by atoms with Crippen LogP contribution in [0.4, 0.5) is 0 Å². The minimum Gasteiger partial charge on any atom is -0.489 e. The van der Waals surface area contributed by atoms with Gasteiger partial charge in [0, 0.05) is 17.6 Å². The third kappa shape index (κ3) is 4.64. The highest BCUT2D eigenvalue weighted by molar-refractivity contribution is 6.30. The summed E-state index contributed by atoms with van der Waals surface area (Å²) < 4.78 is 7.76. The molecule has 0 bridgehead atoms. The summed E-state index contributed by atoms with van der Waals surface area (Å²) in [5.41, 5.74) is 3.82. The minimum absolute atomic E-state index is 0.0671. The number of aryl methyl sites for hydroxylation is 1. The summed E-state index contributed by atoms with van der Waals surface area (Å²) in [6.07, 6.45) is 4.52. The Morgan fingerprint density at radius 2 is 1.77 bits per heavy atom. The van der Waals surface area contributed by atoms with E-state index in [1.54, 1.807) is 4.68 Å². The van der Waals surface area contributed by atoms with E-state index in [0.29, 0.717) is 11.8 Å². The molecule has 0 atom stereocenters. The Balaban J connectivity index is 1.40. The molecule has 0 saturated heterocycles. The maximum Gasteiger partial charge on any atom is 0.139 e. The van der Waals surface area contributed by atoms with Crippen LogP contribution in [-0.2, 0) is 13.2 Å². The number of aromatic nitrogens is 2. The fourth-order valence-electron chi connectivity index (χ4n) is 4.42. The van der Waals surface area contributed by atoms with E-state index in [9.17, 15) is 5.11 Å². The largest absolute Gasteiger partial charge is 0.489 e. The molecule has 0 spiro atoms. The normalized spacial score (nSPS) is 15.5. The number of hydrogen-bond acceptors (Lipinski definition) is 4. The molecule has 1 N–H and O–H groups in total. The van der Waals surface area contributed by atoms with E-state index in [-0.39, 0.29) is 12.1 Å². The molecule has 0 amide bonds. The van der Waals surface area contributed by atoms with Gasteiger partial charge in [-0.1, -0.05) is 54.8 Å². The average Bonchev–Trinajstić information content (AvgIpc) is 3.39. The summed E-state index contributed by atoms with van der Waals surface area (Å²) in [7, 11) is 2.11. The fourth-order valence-corrected chi connectivity index (χ4v) is 4.74. The van der Waals surface area contributed by atoms with Crippen LogP contribution < -0.4 is 4.74 Å². The van der Waals surface area contributed by atoms with Crippen molar-refractivity contribution in [3.8, 4) is 11.4 Å². The summed E-state index contributed by atoms with van der Waals surface area (Å²) in [6, 6.07) is 18.0. The van der Waals surface area contributed by atoms with Gasteiger partial charge in [-0.2, -0.15) is 5.10 Å². The van der Waals surface area contributed by atoms with Gasteiger partial charge in [-0.25, -0.2) is 4.68 Å².